The number of aromatic nitrogens is 1. The van der Waals surface area contributed by atoms with Crippen LogP contribution in [0.3, 0.4) is 0 Å². The molecular formula is C11H9N3O2. The van der Waals surface area contributed by atoms with Crippen LogP contribution in [-0.4, -0.2) is 16.5 Å². The maximum absolute atomic E-state index is 10.3. The normalized spacial score (nSPS) is 10.2. The van der Waals surface area contributed by atoms with E-state index >= 15 is 0 Å². The van der Waals surface area contributed by atoms with Gasteiger partial charge in [0.2, 0.25) is 6.54 Å². The Morgan fingerprint density at radius 2 is 2.31 bits per heavy atom. The molecule has 5 nitrogen and oxygen atoms in total. The predicted octanol–water partition coefficient (Wildman–Crippen LogP) is 1.86. The monoisotopic (exact) mass is 215 g/mol. The van der Waals surface area contributed by atoms with E-state index in [4.69, 9.17) is 5.26 Å². The molecule has 0 saturated heterocycles. The number of fused-ring (bicyclic) bond motifs is 1. The highest BCUT2D eigenvalue weighted by molar-refractivity contribution is 5.84. The van der Waals surface area contributed by atoms with Crippen molar-refractivity contribution in [3.63, 3.8) is 0 Å². The molecule has 0 aliphatic carbocycles. The van der Waals surface area contributed by atoms with E-state index in [-0.39, 0.29) is 11.5 Å². The molecule has 2 aromatic rings. The molecule has 0 fully saturated rings. The van der Waals surface area contributed by atoms with Gasteiger partial charge in [-0.1, -0.05) is 6.07 Å². The summed E-state index contributed by atoms with van der Waals surface area (Å²) < 4.78 is 0. The second kappa shape index (κ2) is 4.03. The van der Waals surface area contributed by atoms with Crippen LogP contribution in [0.4, 0.5) is 0 Å². The van der Waals surface area contributed by atoms with Crippen LogP contribution >= 0.6 is 0 Å². The third-order valence-electron chi connectivity index (χ3n) is 2.46. The molecular weight excluding hydrogens is 206 g/mol. The Balaban J connectivity index is 2.35. The molecule has 0 aliphatic rings. The van der Waals surface area contributed by atoms with Crippen LogP contribution in [0.1, 0.15) is 11.1 Å². The van der Waals surface area contributed by atoms with Crippen LogP contribution in [0.25, 0.3) is 10.9 Å². The van der Waals surface area contributed by atoms with Crippen LogP contribution in [0.2, 0.25) is 0 Å². The topological polar surface area (TPSA) is 82.7 Å². The Hall–Kier alpha value is -2.35. The molecule has 1 aromatic heterocycles. The summed E-state index contributed by atoms with van der Waals surface area (Å²) in [5, 5.41) is 20.0. The highest BCUT2D eigenvalue weighted by atomic mass is 16.6. The zero-order valence-corrected chi connectivity index (χ0v) is 8.43. The van der Waals surface area contributed by atoms with Crippen molar-refractivity contribution in [2.75, 3.05) is 6.54 Å². The molecule has 1 N–H and O–H groups in total. The van der Waals surface area contributed by atoms with Gasteiger partial charge in [0, 0.05) is 28.4 Å². The van der Waals surface area contributed by atoms with E-state index in [1.807, 2.05) is 6.07 Å². The van der Waals surface area contributed by atoms with Crippen molar-refractivity contribution in [3.8, 4) is 6.07 Å². The first-order valence-electron chi connectivity index (χ1n) is 4.82. The lowest BCUT2D eigenvalue weighted by molar-refractivity contribution is -0.479. The van der Waals surface area contributed by atoms with Crippen molar-refractivity contribution in [2.45, 2.75) is 6.42 Å². The number of benzene rings is 1. The minimum absolute atomic E-state index is 0.0764. The summed E-state index contributed by atoms with van der Waals surface area (Å²) in [6, 6.07) is 7.32. The first-order valence-corrected chi connectivity index (χ1v) is 4.82. The molecule has 1 aromatic carbocycles. The summed E-state index contributed by atoms with van der Waals surface area (Å²) in [6.07, 6.45) is 2.16. The lowest BCUT2D eigenvalue weighted by atomic mass is 10.1. The van der Waals surface area contributed by atoms with Gasteiger partial charge in [0.05, 0.1) is 11.6 Å². The average Bonchev–Trinajstić information content (AvgIpc) is 2.68. The molecule has 0 saturated carbocycles. The molecule has 0 amide bonds. The Kier molecular flexibility index (Phi) is 2.56. The summed E-state index contributed by atoms with van der Waals surface area (Å²) in [7, 11) is 0. The zero-order valence-electron chi connectivity index (χ0n) is 8.43. The Morgan fingerprint density at radius 3 is 3.00 bits per heavy atom. The molecule has 16 heavy (non-hydrogen) atoms. The van der Waals surface area contributed by atoms with E-state index in [1.54, 1.807) is 18.3 Å². The van der Waals surface area contributed by atoms with Gasteiger partial charge in [-0.25, -0.2) is 0 Å². The van der Waals surface area contributed by atoms with Gasteiger partial charge in [-0.2, -0.15) is 5.26 Å². The number of nitriles is 1. The van der Waals surface area contributed by atoms with Crippen molar-refractivity contribution in [1.82, 2.24) is 4.98 Å². The number of rotatable bonds is 3. The van der Waals surface area contributed by atoms with Crippen LogP contribution < -0.4 is 0 Å². The van der Waals surface area contributed by atoms with E-state index in [0.717, 1.165) is 16.5 Å². The second-order valence-corrected chi connectivity index (χ2v) is 3.49. The maximum atomic E-state index is 10.3. The third kappa shape index (κ3) is 1.86. The zero-order chi connectivity index (χ0) is 11.5. The average molecular weight is 215 g/mol. The SMILES string of the molecule is N#Cc1ccc2c(CC[N+](=O)[O-])c[nH]c2c1. The van der Waals surface area contributed by atoms with Gasteiger partial charge in [0.1, 0.15) is 0 Å². The smallest absolute Gasteiger partial charge is 0.207 e. The number of H-pyrrole nitrogens is 1. The highest BCUT2D eigenvalue weighted by Gasteiger charge is 2.07. The second-order valence-electron chi connectivity index (χ2n) is 3.49. The fourth-order valence-electron chi connectivity index (χ4n) is 1.67. The standard InChI is InChI=1S/C11H9N3O2/c12-6-8-1-2-10-9(3-4-14(15)16)7-13-11(10)5-8/h1-2,5,7,13H,3-4H2. The van der Waals surface area contributed by atoms with Crippen molar-refractivity contribution in [3.05, 3.63) is 45.6 Å². The number of nitrogens with one attached hydrogen (secondary N) is 1. The molecule has 1 heterocycles. The van der Waals surface area contributed by atoms with Gasteiger partial charge in [0.15, 0.2) is 0 Å². The fourth-order valence-corrected chi connectivity index (χ4v) is 1.67. The number of hydrogen-bond acceptors (Lipinski definition) is 3. The van der Waals surface area contributed by atoms with Gasteiger partial charge in [-0.15, -0.1) is 0 Å². The van der Waals surface area contributed by atoms with Crippen LogP contribution in [-0.2, 0) is 6.42 Å². The predicted molar refractivity (Wildman–Crippen MR) is 58.6 cm³/mol. The Morgan fingerprint density at radius 1 is 1.50 bits per heavy atom. The van der Waals surface area contributed by atoms with E-state index in [1.165, 1.54) is 0 Å². The Labute approximate surface area is 91.5 Å². The lowest BCUT2D eigenvalue weighted by Crippen LogP contribution is -2.03. The quantitative estimate of drug-likeness (QED) is 0.626. The first kappa shape index (κ1) is 10.2. The number of nitrogens with zero attached hydrogens (tertiary/aromatic N) is 2. The number of hydrogen-bond donors (Lipinski definition) is 1. The molecule has 0 radical (unpaired) electrons. The summed E-state index contributed by atoms with van der Waals surface area (Å²) >= 11 is 0. The van der Waals surface area contributed by atoms with Crippen LogP contribution in [0.15, 0.2) is 24.4 Å². The summed E-state index contributed by atoms with van der Waals surface area (Å²) in [4.78, 5) is 13.0. The molecule has 2 rings (SSSR count). The van der Waals surface area contributed by atoms with Crippen molar-refractivity contribution in [2.24, 2.45) is 0 Å². The van der Waals surface area contributed by atoms with E-state index in [0.29, 0.717) is 12.0 Å². The van der Waals surface area contributed by atoms with E-state index in [2.05, 4.69) is 11.1 Å². The largest absolute Gasteiger partial charge is 0.361 e. The summed E-state index contributed by atoms with van der Waals surface area (Å²) in [5.41, 5.74) is 2.34. The van der Waals surface area contributed by atoms with Gasteiger partial charge >= 0.3 is 0 Å². The minimum atomic E-state index is -0.331. The molecule has 0 aliphatic heterocycles. The minimum Gasteiger partial charge on any atom is -0.361 e. The van der Waals surface area contributed by atoms with Gasteiger partial charge in [0.25, 0.3) is 0 Å². The summed E-state index contributed by atoms with van der Waals surface area (Å²) in [5.74, 6) is 0. The van der Waals surface area contributed by atoms with Gasteiger partial charge in [-0.3, -0.25) is 10.1 Å². The maximum Gasteiger partial charge on any atom is 0.207 e. The van der Waals surface area contributed by atoms with Crippen molar-refractivity contribution < 1.29 is 4.92 Å². The van der Waals surface area contributed by atoms with E-state index < -0.39 is 0 Å². The molecule has 0 spiro atoms. The van der Waals surface area contributed by atoms with E-state index in [9.17, 15) is 10.1 Å². The molecule has 5 heteroatoms. The van der Waals surface area contributed by atoms with Gasteiger partial charge in [-0.05, 0) is 17.7 Å². The first-order chi connectivity index (χ1) is 7.70. The number of nitro groups is 1. The summed E-state index contributed by atoms with van der Waals surface area (Å²) in [6.45, 7) is -0.0764. The van der Waals surface area contributed by atoms with Crippen molar-refractivity contribution in [1.29, 1.82) is 5.26 Å². The number of aromatic amines is 1. The molecule has 80 valence electrons. The third-order valence-corrected chi connectivity index (χ3v) is 2.46. The van der Waals surface area contributed by atoms with Gasteiger partial charge < -0.3 is 4.98 Å². The van der Waals surface area contributed by atoms with Crippen LogP contribution in [0.5, 0.6) is 0 Å². The fraction of sp³-hybridized carbons (Fsp3) is 0.182. The molecule has 0 bridgehead atoms. The van der Waals surface area contributed by atoms with Crippen LogP contribution in [0, 0.1) is 21.4 Å². The van der Waals surface area contributed by atoms with Crippen molar-refractivity contribution >= 4 is 10.9 Å². The highest BCUT2D eigenvalue weighted by Crippen LogP contribution is 2.19. The molecule has 0 atom stereocenters. The molecule has 0 unspecified atom stereocenters. The Bertz CT molecular complexity index is 580. The lowest BCUT2D eigenvalue weighted by Gasteiger charge is -1.95.